The minimum atomic E-state index is 0.800. The Bertz CT molecular complexity index is 279. The summed E-state index contributed by atoms with van der Waals surface area (Å²) in [5.74, 6) is 0.809. The Morgan fingerprint density at radius 2 is 2.09 bits per heavy atom. The molecule has 0 N–H and O–H groups in total. The van der Waals surface area contributed by atoms with Crippen molar-refractivity contribution in [2.24, 2.45) is 0 Å². The SMILES string of the molecule is Clc1ccc(C2CC2)cc1Br. The third kappa shape index (κ3) is 1.60. The molecule has 0 aliphatic heterocycles. The second-order valence-electron chi connectivity index (χ2n) is 2.95. The maximum atomic E-state index is 5.86. The fourth-order valence-electron chi connectivity index (χ4n) is 1.18. The van der Waals surface area contributed by atoms with Gasteiger partial charge in [0.1, 0.15) is 0 Å². The van der Waals surface area contributed by atoms with Gasteiger partial charge in [0, 0.05) is 4.47 Å². The number of benzene rings is 1. The van der Waals surface area contributed by atoms with E-state index in [2.05, 4.69) is 28.1 Å². The number of rotatable bonds is 1. The van der Waals surface area contributed by atoms with E-state index in [1.54, 1.807) is 0 Å². The standard InChI is InChI=1S/C9H8BrCl/c10-8-5-7(6-1-2-6)3-4-9(8)11/h3-6H,1-2H2. The Morgan fingerprint density at radius 3 is 2.64 bits per heavy atom. The van der Waals surface area contributed by atoms with Crippen molar-refractivity contribution in [1.29, 1.82) is 0 Å². The Kier molecular flexibility index (Phi) is 1.94. The van der Waals surface area contributed by atoms with Crippen molar-refractivity contribution in [2.75, 3.05) is 0 Å². The summed E-state index contributed by atoms with van der Waals surface area (Å²) in [6.07, 6.45) is 2.68. The van der Waals surface area contributed by atoms with Crippen molar-refractivity contribution in [3.05, 3.63) is 33.3 Å². The van der Waals surface area contributed by atoms with Gasteiger partial charge in [0.25, 0.3) is 0 Å². The fraction of sp³-hybridized carbons (Fsp3) is 0.333. The summed E-state index contributed by atoms with van der Waals surface area (Å²) in [5, 5.41) is 0.800. The summed E-state index contributed by atoms with van der Waals surface area (Å²) in [6, 6.07) is 6.20. The van der Waals surface area contributed by atoms with Crippen LogP contribution in [0.15, 0.2) is 22.7 Å². The highest BCUT2D eigenvalue weighted by Gasteiger charge is 2.23. The first-order valence-corrected chi connectivity index (χ1v) is 4.89. The zero-order chi connectivity index (χ0) is 7.84. The van der Waals surface area contributed by atoms with Gasteiger partial charge in [0.2, 0.25) is 0 Å². The molecule has 0 spiro atoms. The first-order valence-electron chi connectivity index (χ1n) is 3.72. The van der Waals surface area contributed by atoms with Crippen LogP contribution < -0.4 is 0 Å². The largest absolute Gasteiger partial charge is 0.0831 e. The molecule has 0 radical (unpaired) electrons. The smallest absolute Gasteiger partial charge is 0.0548 e. The topological polar surface area (TPSA) is 0 Å². The molecule has 0 saturated heterocycles. The molecule has 1 aliphatic rings. The summed E-state index contributed by atoms with van der Waals surface area (Å²) in [4.78, 5) is 0. The van der Waals surface area contributed by atoms with Crippen LogP contribution >= 0.6 is 27.5 Å². The van der Waals surface area contributed by atoms with Crippen molar-refractivity contribution in [1.82, 2.24) is 0 Å². The monoisotopic (exact) mass is 230 g/mol. The highest BCUT2D eigenvalue weighted by Crippen LogP contribution is 2.41. The molecule has 1 aromatic carbocycles. The summed E-state index contributed by atoms with van der Waals surface area (Å²) < 4.78 is 1.02. The van der Waals surface area contributed by atoms with Crippen LogP contribution in [0.4, 0.5) is 0 Å². The van der Waals surface area contributed by atoms with Crippen molar-refractivity contribution < 1.29 is 0 Å². The van der Waals surface area contributed by atoms with E-state index in [0.29, 0.717) is 0 Å². The lowest BCUT2D eigenvalue weighted by Gasteiger charge is -1.99. The van der Waals surface area contributed by atoms with Crippen molar-refractivity contribution in [2.45, 2.75) is 18.8 Å². The van der Waals surface area contributed by atoms with E-state index in [4.69, 9.17) is 11.6 Å². The van der Waals surface area contributed by atoms with Crippen molar-refractivity contribution >= 4 is 27.5 Å². The van der Waals surface area contributed by atoms with Crippen LogP contribution in [0, 0.1) is 0 Å². The van der Waals surface area contributed by atoms with Gasteiger partial charge in [0.05, 0.1) is 5.02 Å². The van der Waals surface area contributed by atoms with Gasteiger partial charge >= 0.3 is 0 Å². The summed E-state index contributed by atoms with van der Waals surface area (Å²) in [5.41, 5.74) is 1.42. The maximum absolute atomic E-state index is 5.86. The number of hydrogen-bond donors (Lipinski definition) is 0. The van der Waals surface area contributed by atoms with Gasteiger partial charge in [-0.2, -0.15) is 0 Å². The van der Waals surface area contributed by atoms with E-state index >= 15 is 0 Å². The molecule has 0 heterocycles. The second kappa shape index (κ2) is 2.80. The number of hydrogen-bond acceptors (Lipinski definition) is 0. The van der Waals surface area contributed by atoms with Gasteiger partial charge in [0.15, 0.2) is 0 Å². The van der Waals surface area contributed by atoms with E-state index in [1.807, 2.05) is 6.07 Å². The molecule has 2 heteroatoms. The normalized spacial score (nSPS) is 16.9. The highest BCUT2D eigenvalue weighted by atomic mass is 79.9. The summed E-state index contributed by atoms with van der Waals surface area (Å²) in [6.45, 7) is 0. The molecule has 58 valence electrons. The van der Waals surface area contributed by atoms with Gasteiger partial charge in [-0.1, -0.05) is 17.7 Å². The molecular weight excluding hydrogens is 223 g/mol. The molecule has 0 unspecified atom stereocenters. The molecule has 2 rings (SSSR count). The summed E-state index contributed by atoms with van der Waals surface area (Å²) in [7, 11) is 0. The lowest BCUT2D eigenvalue weighted by molar-refractivity contribution is 1.13. The van der Waals surface area contributed by atoms with Crippen LogP contribution in [0.25, 0.3) is 0 Å². The molecule has 1 saturated carbocycles. The predicted octanol–water partition coefficient (Wildman–Crippen LogP) is 3.98. The van der Waals surface area contributed by atoms with Crippen molar-refractivity contribution in [3.63, 3.8) is 0 Å². The molecule has 11 heavy (non-hydrogen) atoms. The molecular formula is C9H8BrCl. The third-order valence-corrected chi connectivity index (χ3v) is 3.21. The van der Waals surface area contributed by atoms with E-state index in [0.717, 1.165) is 15.4 Å². The fourth-order valence-corrected chi connectivity index (χ4v) is 1.70. The van der Waals surface area contributed by atoms with Crippen molar-refractivity contribution in [3.8, 4) is 0 Å². The zero-order valence-corrected chi connectivity index (χ0v) is 8.32. The minimum Gasteiger partial charge on any atom is -0.0831 e. The Morgan fingerprint density at radius 1 is 1.36 bits per heavy atom. The van der Waals surface area contributed by atoms with E-state index in [-0.39, 0.29) is 0 Å². The molecule has 1 fully saturated rings. The number of halogens is 2. The molecule has 0 bridgehead atoms. The Balaban J connectivity index is 2.36. The van der Waals surface area contributed by atoms with Crippen LogP contribution in [0.1, 0.15) is 24.3 Å². The molecule has 0 atom stereocenters. The van der Waals surface area contributed by atoms with Crippen LogP contribution in [0.5, 0.6) is 0 Å². The Hall–Kier alpha value is -0.0100. The lowest BCUT2D eigenvalue weighted by Crippen LogP contribution is -1.78. The predicted molar refractivity (Wildman–Crippen MR) is 51.1 cm³/mol. The van der Waals surface area contributed by atoms with Gasteiger partial charge in [-0.15, -0.1) is 0 Å². The van der Waals surface area contributed by atoms with Crippen LogP contribution in [-0.2, 0) is 0 Å². The van der Waals surface area contributed by atoms with E-state index in [9.17, 15) is 0 Å². The lowest BCUT2D eigenvalue weighted by atomic mass is 10.1. The molecule has 1 aromatic rings. The third-order valence-electron chi connectivity index (χ3n) is 1.99. The van der Waals surface area contributed by atoms with E-state index < -0.39 is 0 Å². The molecule has 0 nitrogen and oxygen atoms in total. The van der Waals surface area contributed by atoms with Gasteiger partial charge in [-0.05, 0) is 52.4 Å². The second-order valence-corrected chi connectivity index (χ2v) is 4.21. The molecule has 0 aromatic heterocycles. The van der Waals surface area contributed by atoms with Crippen LogP contribution in [0.2, 0.25) is 5.02 Å². The average molecular weight is 232 g/mol. The average Bonchev–Trinajstić information content (AvgIpc) is 2.77. The molecule has 0 amide bonds. The van der Waals surface area contributed by atoms with Crippen LogP contribution in [-0.4, -0.2) is 0 Å². The summed E-state index contributed by atoms with van der Waals surface area (Å²) >= 11 is 9.27. The van der Waals surface area contributed by atoms with Gasteiger partial charge in [-0.3, -0.25) is 0 Å². The maximum Gasteiger partial charge on any atom is 0.0548 e. The first-order chi connectivity index (χ1) is 5.27. The minimum absolute atomic E-state index is 0.800. The highest BCUT2D eigenvalue weighted by molar-refractivity contribution is 9.10. The zero-order valence-electron chi connectivity index (χ0n) is 5.98. The van der Waals surface area contributed by atoms with E-state index in [1.165, 1.54) is 18.4 Å². The Labute approximate surface area is 79.7 Å². The quantitative estimate of drug-likeness (QED) is 0.686. The first kappa shape index (κ1) is 7.63. The molecule has 1 aliphatic carbocycles. The van der Waals surface area contributed by atoms with Crippen LogP contribution in [0.3, 0.4) is 0 Å². The van der Waals surface area contributed by atoms with Gasteiger partial charge < -0.3 is 0 Å². The van der Waals surface area contributed by atoms with Gasteiger partial charge in [-0.25, -0.2) is 0 Å².